The summed E-state index contributed by atoms with van der Waals surface area (Å²) in [6, 6.07) is 0. The molecule has 18 heavy (non-hydrogen) atoms. The highest BCUT2D eigenvalue weighted by Gasteiger charge is 2.27. The zero-order valence-corrected chi connectivity index (χ0v) is 10.7. The molecule has 1 aliphatic rings. The molecule has 0 bridgehead atoms. The van der Waals surface area contributed by atoms with Crippen molar-refractivity contribution in [1.29, 1.82) is 0 Å². The molecule has 1 aromatic rings. The van der Waals surface area contributed by atoms with Gasteiger partial charge in [0.15, 0.2) is 0 Å². The average molecular weight is 250 g/mol. The van der Waals surface area contributed by atoms with Crippen molar-refractivity contribution in [3.05, 3.63) is 17.5 Å². The summed E-state index contributed by atoms with van der Waals surface area (Å²) in [5, 5.41) is 9.84. The van der Waals surface area contributed by atoms with E-state index in [1.54, 1.807) is 4.68 Å². The average Bonchev–Trinajstić information content (AvgIpc) is 2.92. The van der Waals surface area contributed by atoms with Crippen molar-refractivity contribution in [1.82, 2.24) is 20.4 Å². The summed E-state index contributed by atoms with van der Waals surface area (Å²) in [5.41, 5.74) is 2.03. The van der Waals surface area contributed by atoms with Crippen molar-refractivity contribution in [2.75, 3.05) is 6.54 Å². The van der Waals surface area contributed by atoms with Crippen molar-refractivity contribution < 1.29 is 9.59 Å². The number of nitrogens with one attached hydrogen (secondary N) is 2. The second-order valence-corrected chi connectivity index (χ2v) is 4.55. The number of carbonyl (C=O) groups excluding carboxylic acids is 2. The number of nitrogens with zero attached hydrogens (tertiary/aromatic N) is 2. The molecule has 0 aliphatic carbocycles. The van der Waals surface area contributed by atoms with Crippen LogP contribution < -0.4 is 10.6 Å². The van der Waals surface area contributed by atoms with E-state index in [9.17, 15) is 9.59 Å². The largest absolute Gasteiger partial charge is 0.355 e. The molecule has 98 valence electrons. The lowest BCUT2D eigenvalue weighted by Crippen LogP contribution is -2.31. The number of hydrogen-bond acceptors (Lipinski definition) is 3. The predicted octanol–water partition coefficient (Wildman–Crippen LogP) is -0.265. The van der Waals surface area contributed by atoms with Gasteiger partial charge < -0.3 is 10.6 Å². The fourth-order valence-electron chi connectivity index (χ4n) is 2.15. The quantitative estimate of drug-likeness (QED) is 0.772. The Morgan fingerprint density at radius 1 is 1.67 bits per heavy atom. The molecule has 1 aliphatic heterocycles. The Bertz CT molecular complexity index is 467. The molecule has 1 saturated heterocycles. The minimum Gasteiger partial charge on any atom is -0.355 e. The third-order valence-electron chi connectivity index (χ3n) is 3.13. The lowest BCUT2D eigenvalue weighted by Gasteiger charge is -2.08. The van der Waals surface area contributed by atoms with Crippen LogP contribution in [0.4, 0.5) is 0 Å². The second-order valence-electron chi connectivity index (χ2n) is 4.55. The molecular formula is C12H18N4O2. The molecule has 0 saturated carbocycles. The van der Waals surface area contributed by atoms with Crippen LogP contribution in [0, 0.1) is 5.92 Å². The maximum absolute atomic E-state index is 11.8. The third-order valence-corrected chi connectivity index (χ3v) is 3.13. The molecule has 2 heterocycles. The molecule has 2 amide bonds. The van der Waals surface area contributed by atoms with Crippen LogP contribution >= 0.6 is 0 Å². The summed E-state index contributed by atoms with van der Waals surface area (Å²) in [6.45, 7) is 2.95. The minimum atomic E-state index is -0.237. The predicted molar refractivity (Wildman–Crippen MR) is 65.5 cm³/mol. The summed E-state index contributed by atoms with van der Waals surface area (Å²) in [4.78, 5) is 22.9. The summed E-state index contributed by atoms with van der Waals surface area (Å²) in [6.07, 6.45) is 3.05. The van der Waals surface area contributed by atoms with Crippen LogP contribution in [-0.2, 0) is 29.6 Å². The highest BCUT2D eigenvalue weighted by atomic mass is 16.2. The number of carbonyl (C=O) groups is 2. The van der Waals surface area contributed by atoms with Gasteiger partial charge in [0.1, 0.15) is 0 Å². The van der Waals surface area contributed by atoms with E-state index in [0.29, 0.717) is 19.5 Å². The fraction of sp³-hybridized carbons (Fsp3) is 0.583. The van der Waals surface area contributed by atoms with E-state index in [-0.39, 0.29) is 17.7 Å². The number of rotatable bonds is 4. The minimum absolute atomic E-state index is 0.0502. The van der Waals surface area contributed by atoms with Gasteiger partial charge >= 0.3 is 0 Å². The molecule has 2 rings (SSSR count). The monoisotopic (exact) mass is 250 g/mol. The molecule has 0 spiro atoms. The molecule has 1 fully saturated rings. The van der Waals surface area contributed by atoms with Gasteiger partial charge in [-0.3, -0.25) is 14.3 Å². The van der Waals surface area contributed by atoms with Gasteiger partial charge in [-0.05, 0) is 6.42 Å². The van der Waals surface area contributed by atoms with Crippen molar-refractivity contribution in [3.8, 4) is 0 Å². The number of aromatic nitrogens is 2. The highest BCUT2D eigenvalue weighted by molar-refractivity contribution is 5.89. The first-order valence-corrected chi connectivity index (χ1v) is 6.16. The van der Waals surface area contributed by atoms with Crippen molar-refractivity contribution in [3.63, 3.8) is 0 Å². The number of hydrogen-bond donors (Lipinski definition) is 2. The Kier molecular flexibility index (Phi) is 3.64. The van der Waals surface area contributed by atoms with E-state index in [4.69, 9.17) is 0 Å². The molecule has 1 atom stereocenters. The maximum Gasteiger partial charge on any atom is 0.225 e. The Balaban J connectivity index is 1.91. The maximum atomic E-state index is 11.8. The van der Waals surface area contributed by atoms with Crippen LogP contribution in [0.25, 0.3) is 0 Å². The Morgan fingerprint density at radius 2 is 2.44 bits per heavy atom. The van der Waals surface area contributed by atoms with Gasteiger partial charge in [0.2, 0.25) is 11.8 Å². The van der Waals surface area contributed by atoms with Gasteiger partial charge in [0, 0.05) is 38.3 Å². The van der Waals surface area contributed by atoms with Crippen LogP contribution in [0.5, 0.6) is 0 Å². The van der Waals surface area contributed by atoms with E-state index in [1.807, 2.05) is 20.2 Å². The molecule has 6 nitrogen and oxygen atoms in total. The summed E-state index contributed by atoms with van der Waals surface area (Å²) >= 11 is 0. The first-order chi connectivity index (χ1) is 8.60. The molecule has 2 N–H and O–H groups in total. The zero-order valence-electron chi connectivity index (χ0n) is 10.7. The summed E-state index contributed by atoms with van der Waals surface area (Å²) in [7, 11) is 1.87. The Hall–Kier alpha value is -1.85. The molecule has 1 unspecified atom stereocenters. The molecule has 0 aromatic carbocycles. The van der Waals surface area contributed by atoms with Gasteiger partial charge in [-0.25, -0.2) is 0 Å². The molecule has 6 heteroatoms. The van der Waals surface area contributed by atoms with Gasteiger partial charge in [0.25, 0.3) is 0 Å². The van der Waals surface area contributed by atoms with E-state index in [2.05, 4.69) is 15.7 Å². The molecule has 1 aromatic heterocycles. The molecule has 0 radical (unpaired) electrons. The summed E-state index contributed by atoms with van der Waals surface area (Å²) < 4.78 is 1.75. The third kappa shape index (κ3) is 2.69. The standard InChI is InChI=1S/C12H18N4O2/c1-3-10-9(7-16(2)15-10)6-14-12(18)8-4-11(17)13-5-8/h7-8H,3-6H2,1-2H3,(H,13,17)(H,14,18). The Morgan fingerprint density at radius 3 is 3.06 bits per heavy atom. The van der Waals surface area contributed by atoms with E-state index >= 15 is 0 Å². The Labute approximate surface area is 106 Å². The van der Waals surface area contributed by atoms with Crippen LogP contribution in [0.2, 0.25) is 0 Å². The highest BCUT2D eigenvalue weighted by Crippen LogP contribution is 2.10. The first-order valence-electron chi connectivity index (χ1n) is 6.16. The zero-order chi connectivity index (χ0) is 13.1. The fourth-order valence-corrected chi connectivity index (χ4v) is 2.15. The smallest absolute Gasteiger partial charge is 0.225 e. The topological polar surface area (TPSA) is 76.0 Å². The first kappa shape index (κ1) is 12.6. The van der Waals surface area contributed by atoms with Gasteiger partial charge in [-0.15, -0.1) is 0 Å². The van der Waals surface area contributed by atoms with Gasteiger partial charge in [0.05, 0.1) is 11.6 Å². The van der Waals surface area contributed by atoms with Crippen LogP contribution in [0.3, 0.4) is 0 Å². The summed E-state index contributed by atoms with van der Waals surface area (Å²) in [5.74, 6) is -0.357. The van der Waals surface area contributed by atoms with Gasteiger partial charge in [-0.2, -0.15) is 5.10 Å². The van der Waals surface area contributed by atoms with Crippen LogP contribution in [0.15, 0.2) is 6.20 Å². The lowest BCUT2D eigenvalue weighted by molar-refractivity contribution is -0.126. The van der Waals surface area contributed by atoms with Crippen molar-refractivity contribution >= 4 is 11.8 Å². The number of amides is 2. The van der Waals surface area contributed by atoms with Crippen LogP contribution in [-0.4, -0.2) is 28.1 Å². The van der Waals surface area contributed by atoms with Crippen molar-refractivity contribution in [2.24, 2.45) is 13.0 Å². The van der Waals surface area contributed by atoms with Crippen LogP contribution in [0.1, 0.15) is 24.6 Å². The van der Waals surface area contributed by atoms with E-state index < -0.39 is 0 Å². The SMILES string of the molecule is CCc1nn(C)cc1CNC(=O)C1CNC(=O)C1. The molecular weight excluding hydrogens is 232 g/mol. The van der Waals surface area contributed by atoms with E-state index in [1.165, 1.54) is 0 Å². The second kappa shape index (κ2) is 5.20. The van der Waals surface area contributed by atoms with Gasteiger partial charge in [-0.1, -0.05) is 6.92 Å². The van der Waals surface area contributed by atoms with E-state index in [0.717, 1.165) is 17.7 Å². The normalized spacial score (nSPS) is 18.8. The van der Waals surface area contributed by atoms with Crippen molar-refractivity contribution in [2.45, 2.75) is 26.3 Å². The number of aryl methyl sites for hydroxylation is 2. The lowest BCUT2D eigenvalue weighted by atomic mass is 10.1.